The minimum atomic E-state index is 0.991. The molecule has 2 nitrogen and oxygen atoms in total. The van der Waals surface area contributed by atoms with Gasteiger partial charge in [0.15, 0.2) is 0 Å². The Hall–Kier alpha value is -5.60. The number of rotatable bonds is 14. The molecule has 0 radical (unpaired) electrons. The molecule has 2 aromatic heterocycles. The van der Waals surface area contributed by atoms with Gasteiger partial charge in [0.25, 0.3) is 0 Å². The molecule has 8 rings (SSSR count). The predicted molar refractivity (Wildman–Crippen MR) is 232 cm³/mol. The van der Waals surface area contributed by atoms with Crippen molar-refractivity contribution < 1.29 is 0 Å². The van der Waals surface area contributed by atoms with E-state index in [9.17, 15) is 0 Å². The molecule has 268 valence electrons. The van der Waals surface area contributed by atoms with Gasteiger partial charge in [-0.05, 0) is 105 Å². The first kappa shape index (κ1) is 35.4. The van der Waals surface area contributed by atoms with Gasteiger partial charge in [0.1, 0.15) is 0 Å². The molecule has 0 aliphatic rings. The number of hydrogen-bond acceptors (Lipinski definition) is 2. The van der Waals surface area contributed by atoms with Crippen LogP contribution in [-0.4, -0.2) is 9.97 Å². The number of hydrogen-bond donors (Lipinski definition) is 0. The zero-order valence-electron chi connectivity index (χ0n) is 31.8. The monoisotopic (exact) mass is 702 g/mol. The Morgan fingerprint density at radius 2 is 0.796 bits per heavy atom. The van der Waals surface area contributed by atoms with Crippen LogP contribution in [0, 0.1) is 0 Å². The molecule has 8 aromatic rings. The fraction of sp³-hybridized carbons (Fsp3) is 0.231. The van der Waals surface area contributed by atoms with E-state index in [2.05, 4.69) is 147 Å². The number of aromatic nitrogens is 2. The van der Waals surface area contributed by atoms with Crippen LogP contribution in [-0.2, 0) is 12.8 Å². The molecule has 0 saturated carbocycles. The highest BCUT2D eigenvalue weighted by atomic mass is 14.7. The van der Waals surface area contributed by atoms with Gasteiger partial charge >= 0.3 is 0 Å². The van der Waals surface area contributed by atoms with E-state index in [4.69, 9.17) is 9.97 Å². The Bertz CT molecular complexity index is 2330. The summed E-state index contributed by atoms with van der Waals surface area (Å²) >= 11 is 0. The number of unbranched alkanes of at least 4 members (excludes halogenated alkanes) is 6. The molecule has 0 atom stereocenters. The smallest absolute Gasteiger partial charge is 0.0702 e. The highest BCUT2D eigenvalue weighted by Gasteiger charge is 2.12. The van der Waals surface area contributed by atoms with Crippen molar-refractivity contribution in [3.05, 3.63) is 157 Å². The van der Waals surface area contributed by atoms with E-state index < -0.39 is 0 Å². The van der Waals surface area contributed by atoms with Gasteiger partial charge in [0, 0.05) is 34.6 Å². The normalized spacial score (nSPS) is 11.5. The van der Waals surface area contributed by atoms with Crippen LogP contribution in [0.4, 0.5) is 0 Å². The SMILES string of the molecule is CCCCCCc1ccc2cc(-c3ccc(-c4ccc(-c5ccc(-c6ccc7cc(CCCCCC)ccc7c6)nc5)c5ccccc45)cn3)ccc2c1. The van der Waals surface area contributed by atoms with Crippen LogP contribution in [0.3, 0.4) is 0 Å². The summed E-state index contributed by atoms with van der Waals surface area (Å²) in [5.41, 5.74) is 11.7. The molecule has 2 heterocycles. The van der Waals surface area contributed by atoms with Crippen molar-refractivity contribution in [2.75, 3.05) is 0 Å². The lowest BCUT2D eigenvalue weighted by Gasteiger charge is -2.13. The summed E-state index contributed by atoms with van der Waals surface area (Å²) in [5, 5.41) is 7.55. The first-order valence-corrected chi connectivity index (χ1v) is 20.2. The van der Waals surface area contributed by atoms with Crippen LogP contribution in [0.1, 0.15) is 76.3 Å². The standard InChI is InChI=1S/C52H50N2/c1-3-5-7-9-13-37-17-19-41-33-43(23-21-39(41)31-37)51-29-25-45(35-53-51)47-27-28-48(50-16-12-11-15-49(47)50)46-26-30-52(54-36-46)44-24-22-40-32-38(14-10-8-6-4-2)18-20-42(40)34-44/h11-12,15-36H,3-10,13-14H2,1-2H3. The molecular weight excluding hydrogens is 653 g/mol. The van der Waals surface area contributed by atoms with Gasteiger partial charge < -0.3 is 0 Å². The molecular formula is C52H50N2. The maximum Gasteiger partial charge on any atom is 0.0702 e. The molecule has 0 N–H and O–H groups in total. The number of benzene rings is 6. The summed E-state index contributed by atoms with van der Waals surface area (Å²) < 4.78 is 0. The maximum absolute atomic E-state index is 4.96. The van der Waals surface area contributed by atoms with Crippen LogP contribution in [0.5, 0.6) is 0 Å². The molecule has 0 amide bonds. The maximum atomic E-state index is 4.96. The molecule has 0 aliphatic heterocycles. The van der Waals surface area contributed by atoms with Crippen molar-refractivity contribution in [2.45, 2.75) is 78.1 Å². The van der Waals surface area contributed by atoms with E-state index in [0.717, 1.165) is 46.5 Å². The summed E-state index contributed by atoms with van der Waals surface area (Å²) in [7, 11) is 0. The first-order valence-electron chi connectivity index (χ1n) is 20.2. The predicted octanol–water partition coefficient (Wildman–Crippen LogP) is 14.8. The Balaban J connectivity index is 0.999. The second-order valence-corrected chi connectivity index (χ2v) is 15.0. The highest BCUT2D eigenvalue weighted by molar-refractivity contribution is 6.05. The number of aryl methyl sites for hydroxylation is 2. The summed E-state index contributed by atoms with van der Waals surface area (Å²) in [6.45, 7) is 4.54. The largest absolute Gasteiger partial charge is 0.256 e. The fourth-order valence-corrected chi connectivity index (χ4v) is 7.98. The average molecular weight is 703 g/mol. The van der Waals surface area contributed by atoms with Gasteiger partial charge in [-0.15, -0.1) is 0 Å². The third-order valence-corrected chi connectivity index (χ3v) is 11.1. The minimum absolute atomic E-state index is 0.991. The van der Waals surface area contributed by atoms with Crippen LogP contribution < -0.4 is 0 Å². The minimum Gasteiger partial charge on any atom is -0.256 e. The van der Waals surface area contributed by atoms with Crippen molar-refractivity contribution >= 4 is 32.3 Å². The lowest BCUT2D eigenvalue weighted by molar-refractivity contribution is 0.667. The van der Waals surface area contributed by atoms with Crippen LogP contribution in [0.25, 0.3) is 77.1 Å². The second kappa shape index (κ2) is 16.6. The van der Waals surface area contributed by atoms with Gasteiger partial charge in [-0.3, -0.25) is 9.97 Å². The Kier molecular flexibility index (Phi) is 10.9. The van der Waals surface area contributed by atoms with Gasteiger partial charge in [-0.1, -0.05) is 162 Å². The molecule has 0 spiro atoms. The molecule has 6 aromatic carbocycles. The van der Waals surface area contributed by atoms with Crippen molar-refractivity contribution in [2.24, 2.45) is 0 Å². The third kappa shape index (κ3) is 7.85. The molecule has 54 heavy (non-hydrogen) atoms. The first-order chi connectivity index (χ1) is 26.7. The van der Waals surface area contributed by atoms with Gasteiger partial charge in [0.2, 0.25) is 0 Å². The molecule has 2 heteroatoms. The van der Waals surface area contributed by atoms with Gasteiger partial charge in [-0.2, -0.15) is 0 Å². The Labute approximate surface area is 321 Å². The van der Waals surface area contributed by atoms with E-state index in [1.807, 2.05) is 12.4 Å². The van der Waals surface area contributed by atoms with E-state index in [1.54, 1.807) is 0 Å². The van der Waals surface area contributed by atoms with Gasteiger partial charge in [0.05, 0.1) is 11.4 Å². The van der Waals surface area contributed by atoms with Crippen LogP contribution in [0.2, 0.25) is 0 Å². The van der Waals surface area contributed by atoms with Crippen molar-refractivity contribution in [3.63, 3.8) is 0 Å². The van der Waals surface area contributed by atoms with E-state index in [1.165, 1.54) is 106 Å². The van der Waals surface area contributed by atoms with E-state index in [0.29, 0.717) is 0 Å². The molecule has 0 bridgehead atoms. The number of pyridine rings is 2. The lowest BCUT2D eigenvalue weighted by atomic mass is 9.92. The lowest BCUT2D eigenvalue weighted by Crippen LogP contribution is -1.90. The number of fused-ring (bicyclic) bond motifs is 3. The Morgan fingerprint density at radius 3 is 1.22 bits per heavy atom. The summed E-state index contributed by atoms with van der Waals surface area (Å²) in [4.78, 5) is 9.93. The average Bonchev–Trinajstić information content (AvgIpc) is 3.23. The zero-order valence-corrected chi connectivity index (χ0v) is 31.8. The summed E-state index contributed by atoms with van der Waals surface area (Å²) in [6, 6.07) is 49.2. The van der Waals surface area contributed by atoms with Gasteiger partial charge in [-0.25, -0.2) is 0 Å². The number of nitrogens with zero attached hydrogens (tertiary/aromatic N) is 2. The van der Waals surface area contributed by atoms with E-state index >= 15 is 0 Å². The van der Waals surface area contributed by atoms with Crippen molar-refractivity contribution in [1.29, 1.82) is 0 Å². The van der Waals surface area contributed by atoms with E-state index in [-0.39, 0.29) is 0 Å². The van der Waals surface area contributed by atoms with Crippen molar-refractivity contribution in [1.82, 2.24) is 9.97 Å². The summed E-state index contributed by atoms with van der Waals surface area (Å²) in [6.07, 6.45) is 16.7. The topological polar surface area (TPSA) is 25.8 Å². The molecule has 0 unspecified atom stereocenters. The fourth-order valence-electron chi connectivity index (χ4n) is 7.98. The summed E-state index contributed by atoms with van der Waals surface area (Å²) in [5.74, 6) is 0. The van der Waals surface area contributed by atoms with Crippen molar-refractivity contribution in [3.8, 4) is 44.8 Å². The molecule has 0 fully saturated rings. The molecule has 0 saturated heterocycles. The van der Waals surface area contributed by atoms with Crippen LogP contribution >= 0.6 is 0 Å². The molecule has 0 aliphatic carbocycles. The quantitative estimate of drug-likeness (QED) is 0.105. The Morgan fingerprint density at radius 1 is 0.370 bits per heavy atom. The zero-order chi connectivity index (χ0) is 36.7. The highest BCUT2D eigenvalue weighted by Crippen LogP contribution is 2.37. The second-order valence-electron chi connectivity index (χ2n) is 15.0. The third-order valence-electron chi connectivity index (χ3n) is 11.1. The van der Waals surface area contributed by atoms with Crippen LogP contribution in [0.15, 0.2) is 146 Å².